The van der Waals surface area contributed by atoms with Gasteiger partial charge in [-0.2, -0.15) is 5.10 Å². The molecule has 1 aromatic rings. The number of esters is 1. The number of carbonyl (C=O) groups is 1. The minimum atomic E-state index is -0.733. The highest BCUT2D eigenvalue weighted by Gasteiger charge is 2.34. The second-order valence-corrected chi connectivity index (χ2v) is 4.24. The quantitative estimate of drug-likeness (QED) is 0.756. The number of nitrogens with zero attached hydrogens (tertiary/aromatic N) is 2. The van der Waals surface area contributed by atoms with E-state index in [1.165, 1.54) is 0 Å². The Kier molecular flexibility index (Phi) is 4.69. The Labute approximate surface area is 102 Å². The van der Waals surface area contributed by atoms with Crippen LogP contribution in [0.1, 0.15) is 26.5 Å². The molecule has 1 aromatic heterocycles. The summed E-state index contributed by atoms with van der Waals surface area (Å²) in [6.45, 7) is 9.09. The highest BCUT2D eigenvalue weighted by Crippen LogP contribution is 2.10. The molecule has 0 aliphatic carbocycles. The molecule has 1 unspecified atom stereocenters. The second kappa shape index (κ2) is 5.82. The molecule has 17 heavy (non-hydrogen) atoms. The molecule has 5 heteroatoms. The van der Waals surface area contributed by atoms with Crippen LogP contribution in [0.5, 0.6) is 0 Å². The van der Waals surface area contributed by atoms with Crippen molar-refractivity contribution >= 4 is 5.97 Å². The largest absolute Gasteiger partial charge is 0.465 e. The monoisotopic (exact) mass is 239 g/mol. The number of likely N-dealkylation sites (N-methyl/N-ethyl adjacent to an activating group) is 1. The van der Waals surface area contributed by atoms with Crippen LogP contribution >= 0.6 is 0 Å². The number of hydrogen-bond acceptors (Lipinski definition) is 4. The summed E-state index contributed by atoms with van der Waals surface area (Å²) in [7, 11) is 0. The molecule has 0 radical (unpaired) electrons. The first-order valence-electron chi connectivity index (χ1n) is 5.94. The van der Waals surface area contributed by atoms with Gasteiger partial charge in [0.1, 0.15) is 5.54 Å². The van der Waals surface area contributed by atoms with Gasteiger partial charge in [-0.05, 0) is 33.4 Å². The van der Waals surface area contributed by atoms with E-state index in [-0.39, 0.29) is 5.97 Å². The number of aryl methyl sites for hydroxylation is 1. The third-order valence-corrected chi connectivity index (χ3v) is 2.55. The van der Waals surface area contributed by atoms with Gasteiger partial charge in [0.05, 0.1) is 18.8 Å². The number of ether oxygens (including phenoxy) is 1. The van der Waals surface area contributed by atoms with Crippen LogP contribution in [0.25, 0.3) is 0 Å². The van der Waals surface area contributed by atoms with Crippen LogP contribution in [0.4, 0.5) is 0 Å². The van der Waals surface area contributed by atoms with Gasteiger partial charge in [0.25, 0.3) is 0 Å². The van der Waals surface area contributed by atoms with Crippen LogP contribution in [-0.2, 0) is 16.1 Å². The van der Waals surface area contributed by atoms with Gasteiger partial charge in [-0.3, -0.25) is 4.68 Å². The Bertz CT molecular complexity index is 376. The molecule has 96 valence electrons. The summed E-state index contributed by atoms with van der Waals surface area (Å²) in [6.07, 6.45) is 1.87. The van der Waals surface area contributed by atoms with Crippen molar-refractivity contribution < 1.29 is 9.53 Å². The van der Waals surface area contributed by atoms with E-state index >= 15 is 0 Å². The lowest BCUT2D eigenvalue weighted by atomic mass is 10.0. The Balaban J connectivity index is 2.80. The number of aromatic nitrogens is 2. The molecule has 0 aliphatic heterocycles. The van der Waals surface area contributed by atoms with Crippen molar-refractivity contribution in [3.8, 4) is 0 Å². The highest BCUT2D eigenvalue weighted by atomic mass is 16.5. The van der Waals surface area contributed by atoms with E-state index in [9.17, 15) is 4.79 Å². The fraction of sp³-hybridized carbons (Fsp3) is 0.667. The molecule has 0 aliphatic rings. The van der Waals surface area contributed by atoms with Crippen LogP contribution in [-0.4, -0.2) is 34.4 Å². The molecule has 1 atom stereocenters. The Morgan fingerprint density at radius 2 is 2.29 bits per heavy atom. The molecule has 0 saturated carbocycles. The lowest BCUT2D eigenvalue weighted by Crippen LogP contribution is -2.53. The van der Waals surface area contributed by atoms with E-state index in [4.69, 9.17) is 4.74 Å². The molecule has 1 N–H and O–H groups in total. The fourth-order valence-electron chi connectivity index (χ4n) is 1.75. The first kappa shape index (κ1) is 13.7. The van der Waals surface area contributed by atoms with Gasteiger partial charge in [0.15, 0.2) is 0 Å². The normalized spacial score (nSPS) is 14.4. The first-order chi connectivity index (χ1) is 8.01. The topological polar surface area (TPSA) is 56.2 Å². The smallest absolute Gasteiger partial charge is 0.327 e. The summed E-state index contributed by atoms with van der Waals surface area (Å²) in [5, 5.41) is 7.46. The zero-order valence-electron chi connectivity index (χ0n) is 11.0. The minimum Gasteiger partial charge on any atom is -0.465 e. The lowest BCUT2D eigenvalue weighted by molar-refractivity contribution is -0.151. The van der Waals surface area contributed by atoms with E-state index in [0.29, 0.717) is 19.7 Å². The van der Waals surface area contributed by atoms with Crippen LogP contribution in [0.15, 0.2) is 12.3 Å². The van der Waals surface area contributed by atoms with Crippen molar-refractivity contribution in [1.29, 1.82) is 0 Å². The zero-order valence-corrected chi connectivity index (χ0v) is 11.0. The number of nitrogens with one attached hydrogen (secondary N) is 1. The van der Waals surface area contributed by atoms with Crippen LogP contribution in [0.3, 0.4) is 0 Å². The van der Waals surface area contributed by atoms with E-state index in [0.717, 1.165) is 5.69 Å². The highest BCUT2D eigenvalue weighted by molar-refractivity contribution is 5.80. The number of carbonyl (C=O) groups excluding carboxylic acids is 1. The van der Waals surface area contributed by atoms with Crippen molar-refractivity contribution in [2.24, 2.45) is 0 Å². The van der Waals surface area contributed by atoms with Crippen molar-refractivity contribution in [2.75, 3.05) is 13.2 Å². The summed E-state index contributed by atoms with van der Waals surface area (Å²) in [6, 6.07) is 1.91. The van der Waals surface area contributed by atoms with Gasteiger partial charge in [-0.1, -0.05) is 6.92 Å². The molecule has 0 amide bonds. The predicted octanol–water partition coefficient (Wildman–Crippen LogP) is 1.12. The van der Waals surface area contributed by atoms with E-state index in [1.54, 1.807) is 4.68 Å². The average molecular weight is 239 g/mol. The molecule has 1 heterocycles. The molecular weight excluding hydrogens is 218 g/mol. The van der Waals surface area contributed by atoms with E-state index in [2.05, 4.69) is 10.4 Å². The zero-order chi connectivity index (χ0) is 12.9. The number of rotatable bonds is 6. The molecule has 0 aromatic carbocycles. The molecule has 0 saturated heterocycles. The maximum absolute atomic E-state index is 11.9. The molecular formula is C12H21N3O2. The first-order valence-corrected chi connectivity index (χ1v) is 5.94. The third kappa shape index (κ3) is 3.56. The SMILES string of the molecule is CCNC(C)(Cn1ccc(C)n1)C(=O)OCC. The fourth-order valence-corrected chi connectivity index (χ4v) is 1.75. The molecule has 5 nitrogen and oxygen atoms in total. The molecule has 0 fully saturated rings. The van der Waals surface area contributed by atoms with E-state index in [1.807, 2.05) is 40.0 Å². The van der Waals surface area contributed by atoms with Gasteiger partial charge < -0.3 is 10.1 Å². The second-order valence-electron chi connectivity index (χ2n) is 4.24. The molecule has 0 bridgehead atoms. The Morgan fingerprint density at radius 1 is 1.59 bits per heavy atom. The third-order valence-electron chi connectivity index (χ3n) is 2.55. The Hall–Kier alpha value is -1.36. The van der Waals surface area contributed by atoms with Crippen LogP contribution in [0.2, 0.25) is 0 Å². The van der Waals surface area contributed by atoms with Crippen molar-refractivity contribution in [1.82, 2.24) is 15.1 Å². The summed E-state index contributed by atoms with van der Waals surface area (Å²) in [4.78, 5) is 11.9. The maximum Gasteiger partial charge on any atom is 0.327 e. The van der Waals surface area contributed by atoms with Crippen LogP contribution < -0.4 is 5.32 Å². The average Bonchev–Trinajstić information content (AvgIpc) is 2.64. The molecule has 1 rings (SSSR count). The number of hydrogen-bond donors (Lipinski definition) is 1. The van der Waals surface area contributed by atoms with Crippen molar-refractivity contribution in [3.05, 3.63) is 18.0 Å². The van der Waals surface area contributed by atoms with Gasteiger partial charge in [-0.25, -0.2) is 4.79 Å². The summed E-state index contributed by atoms with van der Waals surface area (Å²) < 4.78 is 6.85. The standard InChI is InChI=1S/C12H21N3O2/c1-5-13-12(4,11(16)17-6-2)9-15-8-7-10(3)14-15/h7-8,13H,5-6,9H2,1-4H3. The van der Waals surface area contributed by atoms with Gasteiger partial charge in [-0.15, -0.1) is 0 Å². The Morgan fingerprint density at radius 3 is 2.76 bits per heavy atom. The van der Waals surface area contributed by atoms with E-state index < -0.39 is 5.54 Å². The van der Waals surface area contributed by atoms with Crippen molar-refractivity contribution in [2.45, 2.75) is 39.8 Å². The van der Waals surface area contributed by atoms with Gasteiger partial charge in [0.2, 0.25) is 0 Å². The predicted molar refractivity (Wildman–Crippen MR) is 65.7 cm³/mol. The lowest BCUT2D eigenvalue weighted by Gasteiger charge is -2.27. The van der Waals surface area contributed by atoms with Gasteiger partial charge in [0, 0.05) is 6.20 Å². The summed E-state index contributed by atoms with van der Waals surface area (Å²) >= 11 is 0. The van der Waals surface area contributed by atoms with Crippen molar-refractivity contribution in [3.63, 3.8) is 0 Å². The summed E-state index contributed by atoms with van der Waals surface area (Å²) in [5.74, 6) is -0.241. The summed E-state index contributed by atoms with van der Waals surface area (Å²) in [5.41, 5.74) is 0.205. The minimum absolute atomic E-state index is 0.241. The van der Waals surface area contributed by atoms with Gasteiger partial charge >= 0.3 is 5.97 Å². The van der Waals surface area contributed by atoms with Crippen LogP contribution in [0, 0.1) is 6.92 Å². The maximum atomic E-state index is 11.9. The molecule has 0 spiro atoms.